The molecule has 0 atom stereocenters. The molecule has 0 fully saturated rings. The van der Waals surface area contributed by atoms with Crippen LogP contribution in [0.3, 0.4) is 0 Å². The molecular weight excluding hydrogens is 268 g/mol. The van der Waals surface area contributed by atoms with Crippen LogP contribution in [0.4, 0.5) is 0 Å². The second-order valence-electron chi connectivity index (χ2n) is 5.40. The Labute approximate surface area is 129 Å². The van der Waals surface area contributed by atoms with Crippen molar-refractivity contribution in [2.75, 3.05) is 0 Å². The molecule has 0 saturated heterocycles. The van der Waals surface area contributed by atoms with E-state index in [0.29, 0.717) is 0 Å². The minimum absolute atomic E-state index is 0.860. The highest BCUT2D eigenvalue weighted by Gasteiger charge is 2.10. The summed E-state index contributed by atoms with van der Waals surface area (Å²) in [7, 11) is 0. The van der Waals surface area contributed by atoms with Crippen LogP contribution in [-0.4, -0.2) is 9.55 Å². The minimum Gasteiger partial charge on any atom is -0.336 e. The molecule has 0 unspecified atom stereocenters. The standard InChI is InChI=1S/C20H16N2/c1-2-7-16(8-3-1)15-22-19-11-5-4-9-17(19)13-20(22)18-10-6-12-21-14-18/h1-14H,15H2. The lowest BCUT2D eigenvalue weighted by Gasteiger charge is -2.11. The van der Waals surface area contributed by atoms with Gasteiger partial charge in [-0.05, 0) is 29.8 Å². The molecular formula is C20H16N2. The zero-order valence-corrected chi connectivity index (χ0v) is 12.2. The van der Waals surface area contributed by atoms with E-state index in [-0.39, 0.29) is 0 Å². The van der Waals surface area contributed by atoms with Gasteiger partial charge in [0.15, 0.2) is 0 Å². The van der Waals surface area contributed by atoms with Crippen LogP contribution in [0.25, 0.3) is 22.2 Å². The molecule has 2 aromatic carbocycles. The molecule has 0 bridgehead atoms. The molecule has 0 N–H and O–H groups in total. The third-order valence-electron chi connectivity index (χ3n) is 3.95. The number of pyridine rings is 1. The van der Waals surface area contributed by atoms with Crippen molar-refractivity contribution < 1.29 is 0 Å². The maximum atomic E-state index is 4.27. The second kappa shape index (κ2) is 5.49. The summed E-state index contributed by atoms with van der Waals surface area (Å²) in [6, 6.07) is 25.4. The highest BCUT2D eigenvalue weighted by molar-refractivity contribution is 5.87. The molecule has 0 amide bonds. The molecule has 4 rings (SSSR count). The molecule has 2 heteroatoms. The van der Waals surface area contributed by atoms with Gasteiger partial charge in [-0.2, -0.15) is 0 Å². The second-order valence-corrected chi connectivity index (χ2v) is 5.40. The van der Waals surface area contributed by atoms with Gasteiger partial charge in [-0.25, -0.2) is 0 Å². The van der Waals surface area contributed by atoms with Crippen LogP contribution in [0.1, 0.15) is 5.56 Å². The summed E-state index contributed by atoms with van der Waals surface area (Å²) >= 11 is 0. The predicted molar refractivity (Wildman–Crippen MR) is 90.7 cm³/mol. The summed E-state index contributed by atoms with van der Waals surface area (Å²) in [6.07, 6.45) is 3.74. The summed E-state index contributed by atoms with van der Waals surface area (Å²) in [5.41, 5.74) is 4.91. The lowest BCUT2D eigenvalue weighted by atomic mass is 10.2. The van der Waals surface area contributed by atoms with Crippen LogP contribution in [0.5, 0.6) is 0 Å². The number of fused-ring (bicyclic) bond motifs is 1. The Hall–Kier alpha value is -2.87. The van der Waals surface area contributed by atoms with Gasteiger partial charge in [0, 0.05) is 35.4 Å². The zero-order chi connectivity index (χ0) is 14.8. The lowest BCUT2D eigenvalue weighted by molar-refractivity contribution is 0.844. The van der Waals surface area contributed by atoms with Gasteiger partial charge in [-0.15, -0.1) is 0 Å². The van der Waals surface area contributed by atoms with Crippen molar-refractivity contribution in [2.45, 2.75) is 6.54 Å². The molecule has 0 aliphatic carbocycles. The summed E-state index contributed by atoms with van der Waals surface area (Å²) in [5, 5.41) is 1.26. The number of rotatable bonds is 3. The van der Waals surface area contributed by atoms with Gasteiger partial charge in [-0.3, -0.25) is 4.98 Å². The monoisotopic (exact) mass is 284 g/mol. The summed E-state index contributed by atoms with van der Waals surface area (Å²) in [6.45, 7) is 0.860. The van der Waals surface area contributed by atoms with E-state index in [9.17, 15) is 0 Å². The van der Waals surface area contributed by atoms with Gasteiger partial charge in [0.1, 0.15) is 0 Å². The first-order valence-corrected chi connectivity index (χ1v) is 7.44. The summed E-state index contributed by atoms with van der Waals surface area (Å²) < 4.78 is 2.36. The molecule has 0 aliphatic rings. The Morgan fingerprint density at radius 3 is 2.45 bits per heavy atom. The maximum Gasteiger partial charge on any atom is 0.0510 e. The topological polar surface area (TPSA) is 17.8 Å². The fourth-order valence-electron chi connectivity index (χ4n) is 2.90. The molecule has 0 spiro atoms. The van der Waals surface area contributed by atoms with Crippen molar-refractivity contribution in [2.24, 2.45) is 0 Å². The van der Waals surface area contributed by atoms with Crippen molar-refractivity contribution in [1.29, 1.82) is 0 Å². The third-order valence-corrected chi connectivity index (χ3v) is 3.95. The zero-order valence-electron chi connectivity index (χ0n) is 12.2. The molecule has 2 nitrogen and oxygen atoms in total. The molecule has 0 aliphatic heterocycles. The maximum absolute atomic E-state index is 4.27. The fourth-order valence-corrected chi connectivity index (χ4v) is 2.90. The molecule has 2 aromatic heterocycles. The normalized spacial score (nSPS) is 10.9. The van der Waals surface area contributed by atoms with Crippen molar-refractivity contribution in [3.63, 3.8) is 0 Å². The largest absolute Gasteiger partial charge is 0.336 e. The molecule has 0 radical (unpaired) electrons. The smallest absolute Gasteiger partial charge is 0.0510 e. The Bertz CT molecular complexity index is 893. The average molecular weight is 284 g/mol. The molecule has 22 heavy (non-hydrogen) atoms. The lowest BCUT2D eigenvalue weighted by Crippen LogP contribution is -2.01. The quantitative estimate of drug-likeness (QED) is 0.531. The highest BCUT2D eigenvalue weighted by atomic mass is 15.0. The van der Waals surface area contributed by atoms with Crippen LogP contribution in [-0.2, 0) is 6.54 Å². The fraction of sp³-hybridized carbons (Fsp3) is 0.0500. The van der Waals surface area contributed by atoms with E-state index in [2.05, 4.69) is 76.3 Å². The van der Waals surface area contributed by atoms with E-state index < -0.39 is 0 Å². The Kier molecular flexibility index (Phi) is 3.20. The molecule has 0 saturated carbocycles. The Morgan fingerprint density at radius 1 is 0.818 bits per heavy atom. The first kappa shape index (κ1) is 12.8. The number of para-hydroxylation sites is 1. The van der Waals surface area contributed by atoms with E-state index in [1.165, 1.54) is 22.2 Å². The number of nitrogens with zero attached hydrogens (tertiary/aromatic N) is 2. The summed E-state index contributed by atoms with van der Waals surface area (Å²) in [5.74, 6) is 0. The number of hydrogen-bond acceptors (Lipinski definition) is 1. The van der Waals surface area contributed by atoms with Gasteiger partial charge in [0.05, 0.1) is 5.69 Å². The van der Waals surface area contributed by atoms with Crippen LogP contribution in [0, 0.1) is 0 Å². The first-order valence-electron chi connectivity index (χ1n) is 7.44. The Morgan fingerprint density at radius 2 is 1.64 bits per heavy atom. The Balaban J connectivity index is 1.91. The van der Waals surface area contributed by atoms with E-state index >= 15 is 0 Å². The SMILES string of the molecule is c1ccc(Cn2c(-c3cccnc3)cc3ccccc32)cc1. The first-order chi connectivity index (χ1) is 10.9. The van der Waals surface area contributed by atoms with Crippen LogP contribution in [0.15, 0.2) is 85.2 Å². The molecule has 106 valence electrons. The van der Waals surface area contributed by atoms with E-state index in [0.717, 1.165) is 12.1 Å². The van der Waals surface area contributed by atoms with Crippen LogP contribution >= 0.6 is 0 Å². The molecule has 4 aromatic rings. The number of benzene rings is 2. The number of hydrogen-bond donors (Lipinski definition) is 0. The van der Waals surface area contributed by atoms with E-state index in [1.807, 2.05) is 18.5 Å². The van der Waals surface area contributed by atoms with E-state index in [4.69, 9.17) is 0 Å². The third kappa shape index (κ3) is 2.29. The van der Waals surface area contributed by atoms with Gasteiger partial charge >= 0.3 is 0 Å². The van der Waals surface area contributed by atoms with E-state index in [1.54, 1.807) is 0 Å². The van der Waals surface area contributed by atoms with Gasteiger partial charge < -0.3 is 4.57 Å². The van der Waals surface area contributed by atoms with Gasteiger partial charge in [0.25, 0.3) is 0 Å². The van der Waals surface area contributed by atoms with Crippen molar-refractivity contribution in [3.05, 3.63) is 90.8 Å². The van der Waals surface area contributed by atoms with Gasteiger partial charge in [-0.1, -0.05) is 48.5 Å². The van der Waals surface area contributed by atoms with Crippen LogP contribution < -0.4 is 0 Å². The molecule has 2 heterocycles. The number of aromatic nitrogens is 2. The van der Waals surface area contributed by atoms with Crippen molar-refractivity contribution in [1.82, 2.24) is 9.55 Å². The average Bonchev–Trinajstić information content (AvgIpc) is 2.95. The van der Waals surface area contributed by atoms with Crippen LogP contribution in [0.2, 0.25) is 0 Å². The predicted octanol–water partition coefficient (Wildman–Crippen LogP) is 4.75. The highest BCUT2D eigenvalue weighted by Crippen LogP contribution is 2.28. The van der Waals surface area contributed by atoms with Crippen molar-refractivity contribution >= 4 is 10.9 Å². The van der Waals surface area contributed by atoms with Gasteiger partial charge in [0.2, 0.25) is 0 Å². The van der Waals surface area contributed by atoms with Crippen molar-refractivity contribution in [3.8, 4) is 11.3 Å². The summed E-state index contributed by atoms with van der Waals surface area (Å²) in [4.78, 5) is 4.27. The minimum atomic E-state index is 0.860.